The van der Waals surface area contributed by atoms with E-state index in [0.717, 1.165) is 28.8 Å². The fourth-order valence-electron chi connectivity index (χ4n) is 3.61. The lowest BCUT2D eigenvalue weighted by atomic mass is 9.93. The molecule has 0 amide bonds. The molecule has 1 aliphatic heterocycles. The summed E-state index contributed by atoms with van der Waals surface area (Å²) in [6.45, 7) is 5.66. The average molecular weight is 437 g/mol. The molecule has 1 spiro atoms. The Bertz CT molecular complexity index is 961. The first-order valence-electron chi connectivity index (χ1n) is 10.4. The van der Waals surface area contributed by atoms with Crippen molar-refractivity contribution in [1.82, 2.24) is 5.32 Å². The molecule has 1 atom stereocenters. The van der Waals surface area contributed by atoms with E-state index in [1.165, 1.54) is 0 Å². The molecule has 2 aromatic rings. The Labute approximate surface area is 187 Å². The zero-order valence-corrected chi connectivity index (χ0v) is 18.0. The van der Waals surface area contributed by atoms with Gasteiger partial charge in [0.05, 0.1) is 12.7 Å². The molecule has 32 heavy (non-hydrogen) atoms. The molecule has 1 fully saturated rings. The zero-order valence-electron chi connectivity index (χ0n) is 18.0. The van der Waals surface area contributed by atoms with Gasteiger partial charge >= 0.3 is 11.9 Å². The van der Waals surface area contributed by atoms with E-state index in [9.17, 15) is 9.59 Å². The second-order valence-corrected chi connectivity index (χ2v) is 7.75. The maximum absolute atomic E-state index is 9.55. The van der Waals surface area contributed by atoms with Gasteiger partial charge in [-0.05, 0) is 11.1 Å². The van der Waals surface area contributed by atoms with Gasteiger partial charge in [-0.1, -0.05) is 74.5 Å². The van der Waals surface area contributed by atoms with Crippen LogP contribution in [0.2, 0.25) is 0 Å². The van der Waals surface area contributed by atoms with Crippen LogP contribution in [-0.2, 0) is 24.8 Å². The third-order valence-corrected chi connectivity index (χ3v) is 5.00. The number of carboxylic acids is 2. The fourth-order valence-corrected chi connectivity index (χ4v) is 3.61. The van der Waals surface area contributed by atoms with Crippen molar-refractivity contribution in [2.75, 3.05) is 13.2 Å². The Balaban J connectivity index is 0.000000312. The van der Waals surface area contributed by atoms with E-state index in [4.69, 9.17) is 19.7 Å². The predicted octanol–water partition coefficient (Wildman–Crippen LogP) is 3.50. The highest BCUT2D eigenvalue weighted by atomic mass is 16.7. The van der Waals surface area contributed by atoms with Crippen molar-refractivity contribution in [1.29, 1.82) is 0 Å². The van der Waals surface area contributed by atoms with E-state index in [1.54, 1.807) is 0 Å². The van der Waals surface area contributed by atoms with Gasteiger partial charge in [-0.2, -0.15) is 0 Å². The highest BCUT2D eigenvalue weighted by Gasteiger charge is 2.47. The molecular formula is C25H27NO6. The molecule has 1 heterocycles. The Kier molecular flexibility index (Phi) is 7.58. The van der Waals surface area contributed by atoms with Gasteiger partial charge in [0.15, 0.2) is 0 Å². The third-order valence-electron chi connectivity index (χ3n) is 5.00. The van der Waals surface area contributed by atoms with Crippen LogP contribution in [0.1, 0.15) is 36.1 Å². The number of hydrogen-bond acceptors (Lipinski definition) is 5. The predicted molar refractivity (Wildman–Crippen MR) is 121 cm³/mol. The van der Waals surface area contributed by atoms with E-state index in [1.807, 2.05) is 0 Å². The van der Waals surface area contributed by atoms with Crippen molar-refractivity contribution in [3.63, 3.8) is 0 Å². The molecule has 0 radical (unpaired) electrons. The van der Waals surface area contributed by atoms with Gasteiger partial charge in [0.25, 0.3) is 0 Å². The smallest absolute Gasteiger partial charge is 0.328 e. The number of fused-ring (bicyclic) bond motifs is 4. The molecule has 7 nitrogen and oxygen atoms in total. The van der Waals surface area contributed by atoms with Crippen LogP contribution in [0.3, 0.4) is 0 Å². The molecule has 1 aliphatic carbocycles. The summed E-state index contributed by atoms with van der Waals surface area (Å²) < 4.78 is 12.9. The monoisotopic (exact) mass is 437 g/mol. The van der Waals surface area contributed by atoms with Crippen LogP contribution in [0.25, 0.3) is 12.2 Å². The number of benzene rings is 2. The largest absolute Gasteiger partial charge is 0.478 e. The number of carboxylic acid groups (broad SMARTS) is 2. The zero-order chi connectivity index (χ0) is 23.1. The van der Waals surface area contributed by atoms with E-state index < -0.39 is 17.7 Å². The minimum Gasteiger partial charge on any atom is -0.478 e. The van der Waals surface area contributed by atoms with Gasteiger partial charge in [0.2, 0.25) is 5.79 Å². The summed E-state index contributed by atoms with van der Waals surface area (Å²) in [5.41, 5.74) is 4.45. The summed E-state index contributed by atoms with van der Waals surface area (Å²) in [5, 5.41) is 19.1. The van der Waals surface area contributed by atoms with Crippen molar-refractivity contribution in [3.05, 3.63) is 82.9 Å². The maximum Gasteiger partial charge on any atom is 0.328 e. The molecule has 0 bridgehead atoms. The summed E-state index contributed by atoms with van der Waals surface area (Å²) >= 11 is 0. The van der Waals surface area contributed by atoms with Crippen molar-refractivity contribution in [3.8, 4) is 0 Å². The molecule has 2 aliphatic rings. The first kappa shape index (κ1) is 23.4. The third kappa shape index (κ3) is 5.50. The van der Waals surface area contributed by atoms with Gasteiger partial charge < -0.3 is 25.0 Å². The normalized spacial score (nSPS) is 18.0. The lowest BCUT2D eigenvalue weighted by Gasteiger charge is -2.30. The number of aliphatic carboxylic acids is 2. The van der Waals surface area contributed by atoms with Gasteiger partial charge in [-0.3, -0.25) is 0 Å². The van der Waals surface area contributed by atoms with Crippen molar-refractivity contribution in [2.45, 2.75) is 31.8 Å². The highest BCUT2D eigenvalue weighted by Crippen LogP contribution is 2.45. The van der Waals surface area contributed by atoms with Crippen LogP contribution in [0, 0.1) is 0 Å². The molecule has 0 aromatic heterocycles. The molecule has 168 valence electrons. The summed E-state index contributed by atoms with van der Waals surface area (Å²) in [4.78, 5) is 19.1. The van der Waals surface area contributed by atoms with Crippen LogP contribution in [0.15, 0.2) is 60.7 Å². The Morgan fingerprint density at radius 2 is 1.50 bits per heavy atom. The Hall–Kier alpha value is -3.26. The van der Waals surface area contributed by atoms with Crippen molar-refractivity contribution in [2.24, 2.45) is 0 Å². The number of carbonyl (C=O) groups is 2. The van der Waals surface area contributed by atoms with Crippen LogP contribution < -0.4 is 5.32 Å². The van der Waals surface area contributed by atoms with Gasteiger partial charge in [-0.25, -0.2) is 9.59 Å². The van der Waals surface area contributed by atoms with Gasteiger partial charge in [0.1, 0.15) is 0 Å². The lowest BCUT2D eigenvalue weighted by molar-refractivity contribution is -0.142. The summed E-state index contributed by atoms with van der Waals surface area (Å²) in [7, 11) is 0. The van der Waals surface area contributed by atoms with E-state index in [2.05, 4.69) is 79.8 Å². The van der Waals surface area contributed by atoms with Crippen molar-refractivity contribution >= 4 is 24.1 Å². The maximum atomic E-state index is 9.55. The number of rotatable bonds is 5. The topological polar surface area (TPSA) is 105 Å². The minimum atomic E-state index is -1.26. The molecule has 7 heteroatoms. The van der Waals surface area contributed by atoms with E-state index in [0.29, 0.717) is 24.8 Å². The first-order chi connectivity index (χ1) is 15.3. The fraction of sp³-hybridized carbons (Fsp3) is 0.280. The SMILES string of the molecule is CC(C)NCC1COC2(O1)c1ccccc1C=Cc1ccccc12.O=C(O)/C=C\C(=O)O. The van der Waals surface area contributed by atoms with Crippen LogP contribution >= 0.6 is 0 Å². The molecule has 2 aromatic carbocycles. The summed E-state index contributed by atoms with van der Waals surface area (Å²) in [5.74, 6) is -3.33. The molecule has 1 unspecified atom stereocenters. The van der Waals surface area contributed by atoms with Crippen molar-refractivity contribution < 1.29 is 29.3 Å². The average Bonchev–Trinajstić information content (AvgIpc) is 3.15. The standard InChI is InChI=1S/C21H23NO2.C4H4O4/c1-15(2)22-13-18-14-23-21(24-18)19-9-5-3-7-16(19)11-12-17-8-4-6-10-20(17)21;5-3(6)1-2-4(7)8/h3-12,15,18,22H,13-14H2,1-2H3;1-2H,(H,5,6)(H,7,8)/b;2-1-. The van der Waals surface area contributed by atoms with E-state index in [-0.39, 0.29) is 6.10 Å². The number of ether oxygens (including phenoxy) is 2. The number of nitrogens with one attached hydrogen (secondary N) is 1. The quantitative estimate of drug-likeness (QED) is 0.615. The molecule has 4 rings (SSSR count). The molecule has 3 N–H and O–H groups in total. The summed E-state index contributed by atoms with van der Waals surface area (Å²) in [6, 6.07) is 17.1. The Morgan fingerprint density at radius 1 is 1.00 bits per heavy atom. The lowest BCUT2D eigenvalue weighted by Crippen LogP contribution is -2.36. The van der Waals surface area contributed by atoms with Crippen LogP contribution in [0.5, 0.6) is 0 Å². The molecular weight excluding hydrogens is 410 g/mol. The number of hydrogen-bond donors (Lipinski definition) is 3. The van der Waals surface area contributed by atoms with Gasteiger partial charge in [-0.15, -0.1) is 0 Å². The second-order valence-electron chi connectivity index (χ2n) is 7.75. The molecule has 0 saturated carbocycles. The molecule has 1 saturated heterocycles. The van der Waals surface area contributed by atoms with Crippen LogP contribution in [0.4, 0.5) is 0 Å². The minimum absolute atomic E-state index is 0.0339. The summed E-state index contributed by atoms with van der Waals surface area (Å²) in [6.07, 6.45) is 5.45. The first-order valence-corrected chi connectivity index (χ1v) is 10.4. The van der Waals surface area contributed by atoms with Crippen LogP contribution in [-0.4, -0.2) is 47.4 Å². The second kappa shape index (κ2) is 10.4. The Morgan fingerprint density at radius 3 is 1.97 bits per heavy atom. The highest BCUT2D eigenvalue weighted by molar-refractivity contribution is 5.89. The van der Waals surface area contributed by atoms with Gasteiger partial charge in [0, 0.05) is 35.9 Å². The van der Waals surface area contributed by atoms with E-state index >= 15 is 0 Å².